The predicted octanol–water partition coefficient (Wildman–Crippen LogP) is 2.56. The van der Waals surface area contributed by atoms with Gasteiger partial charge in [-0.15, -0.1) is 0 Å². The average Bonchev–Trinajstić information content (AvgIpc) is 2.33. The van der Waals surface area contributed by atoms with Gasteiger partial charge in [0.2, 0.25) is 0 Å². The van der Waals surface area contributed by atoms with E-state index in [4.69, 9.17) is 4.74 Å². The maximum absolute atomic E-state index is 5.34. The number of ether oxygens (including phenoxy) is 1. The average molecular weight is 286 g/mol. The molecule has 1 fully saturated rings. The van der Waals surface area contributed by atoms with Crippen LogP contribution in [-0.4, -0.2) is 29.7 Å². The summed E-state index contributed by atoms with van der Waals surface area (Å²) in [4.78, 5) is 8.95. The zero-order valence-electron chi connectivity index (χ0n) is 9.37. The van der Waals surface area contributed by atoms with Gasteiger partial charge in [-0.3, -0.25) is 0 Å². The molecule has 0 bridgehead atoms. The van der Waals surface area contributed by atoms with Crippen molar-refractivity contribution in [3.8, 4) is 0 Å². The molecule has 0 amide bonds. The SMILES string of the molecule is CCNc1nc(C2CCOCC2)ncc1Br. The van der Waals surface area contributed by atoms with Gasteiger partial charge in [0.05, 0.1) is 4.47 Å². The van der Waals surface area contributed by atoms with E-state index in [2.05, 4.69) is 38.1 Å². The number of aromatic nitrogens is 2. The van der Waals surface area contributed by atoms with Gasteiger partial charge in [0.1, 0.15) is 11.6 Å². The van der Waals surface area contributed by atoms with Crippen molar-refractivity contribution < 1.29 is 4.74 Å². The second-order valence-corrected chi connectivity index (χ2v) is 4.70. The summed E-state index contributed by atoms with van der Waals surface area (Å²) >= 11 is 3.44. The molecule has 0 atom stereocenters. The van der Waals surface area contributed by atoms with Crippen LogP contribution in [-0.2, 0) is 4.74 Å². The third-order valence-corrected chi connectivity index (χ3v) is 3.27. The summed E-state index contributed by atoms with van der Waals surface area (Å²) in [5, 5.41) is 3.23. The van der Waals surface area contributed by atoms with Gasteiger partial charge in [-0.05, 0) is 35.7 Å². The van der Waals surface area contributed by atoms with E-state index in [1.165, 1.54) is 0 Å². The van der Waals surface area contributed by atoms with Crippen LogP contribution < -0.4 is 5.32 Å². The molecule has 88 valence electrons. The highest BCUT2D eigenvalue weighted by Crippen LogP contribution is 2.27. The first kappa shape index (κ1) is 11.8. The Bertz CT molecular complexity index is 353. The molecular weight excluding hydrogens is 270 g/mol. The summed E-state index contributed by atoms with van der Waals surface area (Å²) in [6, 6.07) is 0. The van der Waals surface area contributed by atoms with E-state index >= 15 is 0 Å². The van der Waals surface area contributed by atoms with Crippen molar-refractivity contribution in [3.63, 3.8) is 0 Å². The first-order chi connectivity index (χ1) is 7.81. The summed E-state index contributed by atoms with van der Waals surface area (Å²) in [5.41, 5.74) is 0. The highest BCUT2D eigenvalue weighted by molar-refractivity contribution is 9.10. The lowest BCUT2D eigenvalue weighted by Gasteiger charge is -2.21. The van der Waals surface area contributed by atoms with E-state index in [1.807, 2.05) is 6.20 Å². The van der Waals surface area contributed by atoms with Gasteiger partial charge in [-0.25, -0.2) is 9.97 Å². The summed E-state index contributed by atoms with van der Waals surface area (Å²) in [6.07, 6.45) is 3.87. The Balaban J connectivity index is 2.17. The Hall–Kier alpha value is -0.680. The number of rotatable bonds is 3. The van der Waals surface area contributed by atoms with Crippen LogP contribution in [0.1, 0.15) is 31.5 Å². The standard InChI is InChI=1S/C11H16BrN3O/c1-2-13-11-9(12)7-14-10(15-11)8-3-5-16-6-4-8/h7-8H,2-6H2,1H3,(H,13,14,15). The molecule has 0 spiro atoms. The molecule has 0 aliphatic carbocycles. The summed E-state index contributed by atoms with van der Waals surface area (Å²) in [6.45, 7) is 4.56. The van der Waals surface area contributed by atoms with E-state index in [-0.39, 0.29) is 0 Å². The molecule has 1 aliphatic heterocycles. The van der Waals surface area contributed by atoms with Crippen molar-refractivity contribution in [2.24, 2.45) is 0 Å². The molecule has 2 rings (SSSR count). The van der Waals surface area contributed by atoms with E-state index in [0.29, 0.717) is 5.92 Å². The predicted molar refractivity (Wildman–Crippen MR) is 66.7 cm³/mol. The minimum Gasteiger partial charge on any atom is -0.381 e. The highest BCUT2D eigenvalue weighted by Gasteiger charge is 2.19. The zero-order valence-corrected chi connectivity index (χ0v) is 11.0. The number of hydrogen-bond donors (Lipinski definition) is 1. The summed E-state index contributed by atoms with van der Waals surface area (Å²) < 4.78 is 6.26. The first-order valence-corrected chi connectivity index (χ1v) is 6.44. The van der Waals surface area contributed by atoms with Crippen molar-refractivity contribution in [2.75, 3.05) is 25.1 Å². The van der Waals surface area contributed by atoms with E-state index in [1.54, 1.807) is 0 Å². The van der Waals surface area contributed by atoms with Crippen LogP contribution in [0, 0.1) is 0 Å². The van der Waals surface area contributed by atoms with Gasteiger partial charge in [0.15, 0.2) is 0 Å². The Labute approximate surface area is 104 Å². The minimum atomic E-state index is 0.444. The van der Waals surface area contributed by atoms with Crippen molar-refractivity contribution in [2.45, 2.75) is 25.7 Å². The van der Waals surface area contributed by atoms with Crippen molar-refractivity contribution in [3.05, 3.63) is 16.5 Å². The number of halogens is 1. The molecule has 1 N–H and O–H groups in total. The molecular formula is C11H16BrN3O. The molecule has 2 heterocycles. The molecule has 1 saturated heterocycles. The molecule has 1 aliphatic rings. The Morgan fingerprint density at radius 2 is 2.25 bits per heavy atom. The van der Waals surface area contributed by atoms with Crippen LogP contribution in [0.25, 0.3) is 0 Å². The van der Waals surface area contributed by atoms with Crippen LogP contribution in [0.4, 0.5) is 5.82 Å². The normalized spacial score (nSPS) is 17.4. The van der Waals surface area contributed by atoms with Crippen LogP contribution in [0.5, 0.6) is 0 Å². The molecule has 16 heavy (non-hydrogen) atoms. The van der Waals surface area contributed by atoms with Gasteiger partial charge < -0.3 is 10.1 Å². The van der Waals surface area contributed by atoms with Crippen molar-refractivity contribution >= 4 is 21.7 Å². The van der Waals surface area contributed by atoms with Gasteiger partial charge in [0, 0.05) is 31.9 Å². The molecule has 1 aromatic heterocycles. The molecule has 0 aromatic carbocycles. The fourth-order valence-corrected chi connectivity index (χ4v) is 2.16. The molecule has 0 radical (unpaired) electrons. The second-order valence-electron chi connectivity index (χ2n) is 3.84. The maximum Gasteiger partial charge on any atom is 0.144 e. The molecule has 1 aromatic rings. The van der Waals surface area contributed by atoms with Crippen LogP contribution in [0.3, 0.4) is 0 Å². The second kappa shape index (κ2) is 5.59. The molecule has 5 heteroatoms. The van der Waals surface area contributed by atoms with E-state index in [9.17, 15) is 0 Å². The largest absolute Gasteiger partial charge is 0.381 e. The lowest BCUT2D eigenvalue weighted by Crippen LogP contribution is -2.17. The fraction of sp³-hybridized carbons (Fsp3) is 0.636. The third-order valence-electron chi connectivity index (χ3n) is 2.69. The molecule has 0 unspecified atom stereocenters. The number of nitrogens with zero attached hydrogens (tertiary/aromatic N) is 2. The summed E-state index contributed by atoms with van der Waals surface area (Å²) in [7, 11) is 0. The van der Waals surface area contributed by atoms with Crippen LogP contribution in [0.15, 0.2) is 10.7 Å². The molecule has 0 saturated carbocycles. The van der Waals surface area contributed by atoms with Gasteiger partial charge in [-0.2, -0.15) is 0 Å². The Morgan fingerprint density at radius 3 is 2.94 bits per heavy atom. The lowest BCUT2D eigenvalue weighted by atomic mass is 9.99. The highest BCUT2D eigenvalue weighted by atomic mass is 79.9. The van der Waals surface area contributed by atoms with Crippen molar-refractivity contribution in [1.29, 1.82) is 0 Å². The lowest BCUT2D eigenvalue weighted by molar-refractivity contribution is 0.0836. The number of hydrogen-bond acceptors (Lipinski definition) is 4. The van der Waals surface area contributed by atoms with Gasteiger partial charge in [-0.1, -0.05) is 0 Å². The van der Waals surface area contributed by atoms with Gasteiger partial charge >= 0.3 is 0 Å². The Morgan fingerprint density at radius 1 is 1.50 bits per heavy atom. The maximum atomic E-state index is 5.34. The summed E-state index contributed by atoms with van der Waals surface area (Å²) in [5.74, 6) is 2.26. The Kier molecular flexibility index (Phi) is 4.12. The van der Waals surface area contributed by atoms with E-state index < -0.39 is 0 Å². The monoisotopic (exact) mass is 285 g/mol. The van der Waals surface area contributed by atoms with Gasteiger partial charge in [0.25, 0.3) is 0 Å². The smallest absolute Gasteiger partial charge is 0.144 e. The fourth-order valence-electron chi connectivity index (χ4n) is 1.82. The first-order valence-electron chi connectivity index (χ1n) is 5.65. The third kappa shape index (κ3) is 2.71. The quantitative estimate of drug-likeness (QED) is 0.927. The van der Waals surface area contributed by atoms with E-state index in [0.717, 1.165) is 48.7 Å². The minimum absolute atomic E-state index is 0.444. The number of nitrogens with one attached hydrogen (secondary N) is 1. The molecule has 4 nitrogen and oxygen atoms in total. The van der Waals surface area contributed by atoms with Crippen LogP contribution >= 0.6 is 15.9 Å². The topological polar surface area (TPSA) is 47.0 Å². The zero-order chi connectivity index (χ0) is 11.4. The van der Waals surface area contributed by atoms with Crippen LogP contribution in [0.2, 0.25) is 0 Å². The number of anilines is 1. The van der Waals surface area contributed by atoms with Crippen molar-refractivity contribution in [1.82, 2.24) is 9.97 Å².